The first-order valence-electron chi connectivity index (χ1n) is 8.35. The van der Waals surface area contributed by atoms with E-state index in [2.05, 4.69) is 10.4 Å². The molecular formula is C19H25N3O3. The molecule has 134 valence electrons. The van der Waals surface area contributed by atoms with Gasteiger partial charge in [0, 0.05) is 12.1 Å². The van der Waals surface area contributed by atoms with Crippen molar-refractivity contribution in [1.29, 1.82) is 0 Å². The smallest absolute Gasteiger partial charge is 0.331 e. The molecule has 0 aliphatic heterocycles. The summed E-state index contributed by atoms with van der Waals surface area (Å²) in [6.07, 6.45) is 3.67. The highest BCUT2D eigenvalue weighted by molar-refractivity contribution is 5.92. The van der Waals surface area contributed by atoms with Crippen molar-refractivity contribution in [3.63, 3.8) is 0 Å². The Morgan fingerprint density at radius 2 is 1.88 bits per heavy atom. The van der Waals surface area contributed by atoms with Gasteiger partial charge in [0.05, 0.1) is 11.9 Å². The zero-order valence-electron chi connectivity index (χ0n) is 15.1. The molecule has 1 aromatic heterocycles. The van der Waals surface area contributed by atoms with E-state index in [4.69, 9.17) is 0 Å². The largest absolute Gasteiger partial charge is 0.479 e. The maximum Gasteiger partial charge on any atom is 0.331 e. The molecule has 6 heteroatoms. The van der Waals surface area contributed by atoms with Crippen LogP contribution in [-0.2, 0) is 21.5 Å². The Labute approximate surface area is 147 Å². The van der Waals surface area contributed by atoms with Crippen LogP contribution in [0.1, 0.15) is 33.3 Å². The van der Waals surface area contributed by atoms with Crippen molar-refractivity contribution in [3.8, 4) is 0 Å². The normalized spacial score (nSPS) is 12.8. The number of carboxylic acid groups (broad SMARTS) is 1. The Kier molecular flexibility index (Phi) is 5.62. The van der Waals surface area contributed by atoms with Gasteiger partial charge in [0.25, 0.3) is 0 Å². The van der Waals surface area contributed by atoms with E-state index < -0.39 is 11.5 Å². The lowest BCUT2D eigenvalue weighted by Crippen LogP contribution is -2.36. The molecule has 1 amide bonds. The first kappa shape index (κ1) is 18.7. The minimum atomic E-state index is -1.18. The van der Waals surface area contributed by atoms with E-state index in [0.717, 1.165) is 5.56 Å². The number of rotatable bonds is 7. The van der Waals surface area contributed by atoms with E-state index in [1.807, 2.05) is 44.2 Å². The molecule has 2 aromatic rings. The summed E-state index contributed by atoms with van der Waals surface area (Å²) in [6, 6.07) is 9.89. The van der Waals surface area contributed by atoms with Crippen molar-refractivity contribution in [1.82, 2.24) is 9.78 Å². The third-order valence-corrected chi connectivity index (χ3v) is 4.39. The molecule has 2 rings (SSSR count). The highest BCUT2D eigenvalue weighted by atomic mass is 16.4. The summed E-state index contributed by atoms with van der Waals surface area (Å²) in [7, 11) is 0. The molecule has 0 bridgehead atoms. The van der Waals surface area contributed by atoms with Gasteiger partial charge in [0.1, 0.15) is 0 Å². The predicted octanol–water partition coefficient (Wildman–Crippen LogP) is 3.16. The molecule has 25 heavy (non-hydrogen) atoms. The molecule has 1 unspecified atom stereocenters. The summed E-state index contributed by atoms with van der Waals surface area (Å²) in [4.78, 5) is 24.0. The number of nitrogens with one attached hydrogen (secondary N) is 1. The highest BCUT2D eigenvalue weighted by Gasteiger charge is 2.30. The third-order valence-electron chi connectivity index (χ3n) is 4.39. The van der Waals surface area contributed by atoms with Crippen molar-refractivity contribution in [3.05, 3.63) is 48.3 Å². The lowest BCUT2D eigenvalue weighted by molar-refractivity contribution is -0.146. The number of carbonyl (C=O) groups excluding carboxylic acids is 1. The first-order chi connectivity index (χ1) is 11.7. The molecule has 0 saturated heterocycles. The molecular weight excluding hydrogens is 318 g/mol. The van der Waals surface area contributed by atoms with Crippen molar-refractivity contribution >= 4 is 17.6 Å². The molecule has 6 nitrogen and oxygen atoms in total. The average molecular weight is 343 g/mol. The summed E-state index contributed by atoms with van der Waals surface area (Å²) in [5.41, 5.74) is 0.432. The second-order valence-electron chi connectivity index (χ2n) is 7.07. The summed E-state index contributed by atoms with van der Waals surface area (Å²) in [6.45, 7) is 7.15. The van der Waals surface area contributed by atoms with E-state index in [9.17, 15) is 14.7 Å². The zero-order chi connectivity index (χ0) is 18.6. The van der Waals surface area contributed by atoms with Gasteiger partial charge in [-0.05, 0) is 31.7 Å². The number of anilines is 1. The van der Waals surface area contributed by atoms with E-state index in [1.54, 1.807) is 20.0 Å². The minimum absolute atomic E-state index is 0.0912. The van der Waals surface area contributed by atoms with Crippen LogP contribution in [-0.4, -0.2) is 26.8 Å². The fourth-order valence-corrected chi connectivity index (χ4v) is 2.53. The number of nitrogens with zero attached hydrogens (tertiary/aromatic N) is 2. The van der Waals surface area contributed by atoms with Gasteiger partial charge < -0.3 is 10.4 Å². The van der Waals surface area contributed by atoms with E-state index in [0.29, 0.717) is 12.1 Å². The Morgan fingerprint density at radius 3 is 2.44 bits per heavy atom. The highest BCUT2D eigenvalue weighted by Crippen LogP contribution is 2.21. The molecule has 0 aliphatic rings. The number of benzene rings is 1. The number of carboxylic acids is 1. The minimum Gasteiger partial charge on any atom is -0.479 e. The summed E-state index contributed by atoms with van der Waals surface area (Å²) in [5, 5.41) is 16.2. The van der Waals surface area contributed by atoms with Gasteiger partial charge in [0.15, 0.2) is 5.54 Å². The van der Waals surface area contributed by atoms with Crippen molar-refractivity contribution in [2.24, 2.45) is 11.8 Å². The predicted molar refractivity (Wildman–Crippen MR) is 96.3 cm³/mol. The molecule has 0 aliphatic carbocycles. The average Bonchev–Trinajstić information content (AvgIpc) is 3.02. The Bertz CT molecular complexity index is 735. The maximum absolute atomic E-state index is 12.7. The van der Waals surface area contributed by atoms with Gasteiger partial charge in [-0.15, -0.1) is 0 Å². The van der Waals surface area contributed by atoms with E-state index in [-0.39, 0.29) is 17.7 Å². The van der Waals surface area contributed by atoms with Crippen molar-refractivity contribution in [2.75, 3.05) is 5.32 Å². The van der Waals surface area contributed by atoms with Crippen LogP contribution in [0.15, 0.2) is 42.7 Å². The fraction of sp³-hybridized carbons (Fsp3) is 0.421. The van der Waals surface area contributed by atoms with Gasteiger partial charge in [-0.3, -0.25) is 9.48 Å². The fourth-order valence-electron chi connectivity index (χ4n) is 2.53. The number of aliphatic carboxylic acids is 1. The Hall–Kier alpha value is -2.63. The van der Waals surface area contributed by atoms with Crippen LogP contribution >= 0.6 is 0 Å². The molecule has 1 heterocycles. The van der Waals surface area contributed by atoms with Crippen LogP contribution in [0.3, 0.4) is 0 Å². The van der Waals surface area contributed by atoms with Crippen LogP contribution in [0.4, 0.5) is 5.69 Å². The van der Waals surface area contributed by atoms with Crippen LogP contribution in [0.5, 0.6) is 0 Å². The number of aromatic nitrogens is 2. The number of hydrogen-bond acceptors (Lipinski definition) is 3. The van der Waals surface area contributed by atoms with Crippen LogP contribution in [0.25, 0.3) is 0 Å². The third kappa shape index (κ3) is 4.47. The first-order valence-corrected chi connectivity index (χ1v) is 8.35. The number of hydrogen-bond donors (Lipinski definition) is 2. The Balaban J connectivity index is 2.11. The second kappa shape index (κ2) is 7.51. The number of amides is 1. The van der Waals surface area contributed by atoms with Gasteiger partial charge in [-0.25, -0.2) is 4.79 Å². The van der Waals surface area contributed by atoms with Crippen molar-refractivity contribution in [2.45, 2.75) is 39.7 Å². The quantitative estimate of drug-likeness (QED) is 0.809. The molecule has 2 N–H and O–H groups in total. The standard InChI is InChI=1S/C19H25N3O3/c1-13(2)16(10-14-8-6-5-7-9-14)17(23)21-15-11-20-22(12-15)19(3,4)18(24)25/h5-9,11-13,16H,10H2,1-4H3,(H,21,23)(H,24,25). The van der Waals surface area contributed by atoms with Crippen LogP contribution in [0, 0.1) is 11.8 Å². The van der Waals surface area contributed by atoms with Gasteiger partial charge >= 0.3 is 5.97 Å². The van der Waals surface area contributed by atoms with Gasteiger partial charge in [-0.2, -0.15) is 5.10 Å². The van der Waals surface area contributed by atoms with Gasteiger partial charge in [0.2, 0.25) is 5.91 Å². The Morgan fingerprint density at radius 1 is 1.24 bits per heavy atom. The van der Waals surface area contributed by atoms with Gasteiger partial charge in [-0.1, -0.05) is 44.2 Å². The zero-order valence-corrected chi connectivity index (χ0v) is 15.1. The molecule has 0 saturated carbocycles. The molecule has 0 fully saturated rings. The lowest BCUT2D eigenvalue weighted by Gasteiger charge is -2.20. The van der Waals surface area contributed by atoms with Crippen molar-refractivity contribution < 1.29 is 14.7 Å². The molecule has 1 aromatic carbocycles. The lowest BCUT2D eigenvalue weighted by atomic mass is 9.88. The summed E-state index contributed by atoms with van der Waals surface area (Å²) >= 11 is 0. The van der Waals surface area contributed by atoms with E-state index in [1.165, 1.54) is 10.9 Å². The molecule has 0 radical (unpaired) electrons. The second-order valence-corrected chi connectivity index (χ2v) is 7.07. The summed E-state index contributed by atoms with van der Waals surface area (Å²) in [5.74, 6) is -1.09. The number of carbonyl (C=O) groups is 2. The molecule has 0 spiro atoms. The topological polar surface area (TPSA) is 84.2 Å². The SMILES string of the molecule is CC(C)C(Cc1ccccc1)C(=O)Nc1cnn(C(C)(C)C(=O)O)c1. The van der Waals surface area contributed by atoms with Crippen LogP contribution in [0.2, 0.25) is 0 Å². The monoisotopic (exact) mass is 343 g/mol. The maximum atomic E-state index is 12.7. The van der Waals surface area contributed by atoms with E-state index >= 15 is 0 Å². The molecule has 1 atom stereocenters. The summed E-state index contributed by atoms with van der Waals surface area (Å²) < 4.78 is 1.34. The van der Waals surface area contributed by atoms with Crippen LogP contribution < -0.4 is 5.32 Å².